The van der Waals surface area contributed by atoms with E-state index < -0.39 is 10.0 Å². The van der Waals surface area contributed by atoms with E-state index in [1.54, 1.807) is 48.5 Å². The van der Waals surface area contributed by atoms with Crippen molar-refractivity contribution in [1.29, 1.82) is 0 Å². The average molecular weight is 594 g/mol. The van der Waals surface area contributed by atoms with Crippen molar-refractivity contribution in [3.63, 3.8) is 0 Å². The van der Waals surface area contributed by atoms with E-state index in [0.717, 1.165) is 36.2 Å². The van der Waals surface area contributed by atoms with Crippen LogP contribution < -0.4 is 0 Å². The molecule has 0 N–H and O–H groups in total. The number of benzene rings is 3. The summed E-state index contributed by atoms with van der Waals surface area (Å²) in [6, 6.07) is 19.2. The molecule has 0 unspecified atom stereocenters. The molecule has 2 aliphatic rings. The molecule has 9 heteroatoms. The molecule has 0 saturated carbocycles. The van der Waals surface area contributed by atoms with Gasteiger partial charge in [0.05, 0.1) is 22.6 Å². The standard InChI is InChI=1S/C32H30ClF2N3O2S/c1-21-27-19-36-38(26-14-12-25(34)13-15-26)30(27)18-23-10-11-24(32(21)23)20-37(17-16-22-6-2-4-8-29(22)35)41(39,40)31-9-5-3-7-28(31)33/h2-9,12-15,19,21,24H,10-11,16-18,20H2,1H3/t21-,24+/m0/s1. The Balaban J connectivity index is 1.30. The number of nitrogens with zero attached hydrogens (tertiary/aromatic N) is 3. The van der Waals surface area contributed by atoms with Gasteiger partial charge in [0, 0.05) is 31.0 Å². The van der Waals surface area contributed by atoms with Crippen molar-refractivity contribution in [3.05, 3.63) is 124 Å². The van der Waals surface area contributed by atoms with Crippen LogP contribution >= 0.6 is 11.6 Å². The minimum absolute atomic E-state index is 0.0141. The summed E-state index contributed by atoms with van der Waals surface area (Å²) in [4.78, 5) is 0.0574. The number of aromatic nitrogens is 2. The Morgan fingerprint density at radius 3 is 2.51 bits per heavy atom. The molecule has 0 bridgehead atoms. The number of hydrogen-bond donors (Lipinski definition) is 0. The first-order valence-electron chi connectivity index (χ1n) is 13.8. The van der Waals surface area contributed by atoms with E-state index in [0.29, 0.717) is 5.56 Å². The van der Waals surface area contributed by atoms with E-state index in [1.807, 2.05) is 10.9 Å². The number of sulfonamides is 1. The molecular weight excluding hydrogens is 564 g/mol. The normalized spacial score (nSPS) is 18.6. The van der Waals surface area contributed by atoms with Crippen molar-refractivity contribution in [2.24, 2.45) is 5.92 Å². The molecule has 5 nitrogen and oxygen atoms in total. The van der Waals surface area contributed by atoms with E-state index in [1.165, 1.54) is 39.7 Å². The number of allylic oxidation sites excluding steroid dienone is 1. The summed E-state index contributed by atoms with van der Waals surface area (Å²) in [6.07, 6.45) is 4.54. The molecule has 0 spiro atoms. The highest BCUT2D eigenvalue weighted by Gasteiger charge is 2.39. The topological polar surface area (TPSA) is 55.2 Å². The Morgan fingerprint density at radius 2 is 1.76 bits per heavy atom. The Morgan fingerprint density at radius 1 is 1.02 bits per heavy atom. The number of rotatable bonds is 8. The molecule has 1 aromatic heterocycles. The van der Waals surface area contributed by atoms with Crippen molar-refractivity contribution in [2.75, 3.05) is 13.1 Å². The van der Waals surface area contributed by atoms with Gasteiger partial charge in [-0.25, -0.2) is 21.9 Å². The zero-order chi connectivity index (χ0) is 28.7. The quantitative estimate of drug-likeness (QED) is 0.205. The van der Waals surface area contributed by atoms with Crippen LogP contribution in [0.5, 0.6) is 0 Å². The predicted octanol–water partition coefficient (Wildman–Crippen LogP) is 7.10. The number of fused-ring (bicyclic) bond motifs is 1. The maximum atomic E-state index is 14.5. The van der Waals surface area contributed by atoms with Crippen molar-refractivity contribution in [3.8, 4) is 5.69 Å². The third kappa shape index (κ3) is 5.25. The Hall–Kier alpha value is -3.33. The van der Waals surface area contributed by atoms with Crippen molar-refractivity contribution >= 4 is 21.6 Å². The van der Waals surface area contributed by atoms with Gasteiger partial charge < -0.3 is 0 Å². The largest absolute Gasteiger partial charge is 0.244 e. The maximum Gasteiger partial charge on any atom is 0.244 e. The Labute approximate surface area is 244 Å². The van der Waals surface area contributed by atoms with Gasteiger partial charge >= 0.3 is 0 Å². The molecule has 0 aliphatic heterocycles. The van der Waals surface area contributed by atoms with Gasteiger partial charge in [-0.2, -0.15) is 9.40 Å². The smallest absolute Gasteiger partial charge is 0.237 e. The van der Waals surface area contributed by atoms with Gasteiger partial charge in [0.2, 0.25) is 10.0 Å². The van der Waals surface area contributed by atoms with Gasteiger partial charge in [0.25, 0.3) is 0 Å². The van der Waals surface area contributed by atoms with E-state index in [4.69, 9.17) is 11.6 Å². The van der Waals surface area contributed by atoms with E-state index in [-0.39, 0.29) is 52.9 Å². The van der Waals surface area contributed by atoms with Crippen LogP contribution in [0.2, 0.25) is 5.02 Å². The summed E-state index contributed by atoms with van der Waals surface area (Å²) in [5.41, 5.74) is 6.05. The first kappa shape index (κ1) is 27.8. The molecule has 0 fully saturated rings. The third-order valence-electron chi connectivity index (χ3n) is 8.40. The second-order valence-corrected chi connectivity index (χ2v) is 13.1. The highest BCUT2D eigenvalue weighted by atomic mass is 35.5. The fourth-order valence-electron chi connectivity index (χ4n) is 6.37. The lowest BCUT2D eigenvalue weighted by Gasteiger charge is -2.31. The third-order valence-corrected chi connectivity index (χ3v) is 10.8. The molecule has 1 heterocycles. The van der Waals surface area contributed by atoms with Crippen LogP contribution in [0.3, 0.4) is 0 Å². The molecule has 41 heavy (non-hydrogen) atoms. The maximum absolute atomic E-state index is 14.5. The predicted molar refractivity (Wildman–Crippen MR) is 156 cm³/mol. The summed E-state index contributed by atoms with van der Waals surface area (Å²) in [6.45, 7) is 2.57. The minimum atomic E-state index is -3.94. The summed E-state index contributed by atoms with van der Waals surface area (Å²) in [5.74, 6) is -0.565. The van der Waals surface area contributed by atoms with Crippen LogP contribution in [0.25, 0.3) is 5.69 Å². The first-order chi connectivity index (χ1) is 19.7. The summed E-state index contributed by atoms with van der Waals surface area (Å²) >= 11 is 6.36. The van der Waals surface area contributed by atoms with Crippen molar-refractivity contribution in [2.45, 2.75) is 43.4 Å². The highest BCUT2D eigenvalue weighted by molar-refractivity contribution is 7.89. The molecule has 2 aliphatic carbocycles. The summed E-state index contributed by atoms with van der Waals surface area (Å²) in [7, 11) is -3.94. The lowest BCUT2D eigenvalue weighted by molar-refractivity contribution is 0.358. The molecule has 4 aromatic rings. The Kier molecular flexibility index (Phi) is 7.57. The van der Waals surface area contributed by atoms with Gasteiger partial charge in [-0.05, 0) is 73.2 Å². The molecular formula is C32H30ClF2N3O2S. The van der Waals surface area contributed by atoms with E-state index in [2.05, 4.69) is 12.0 Å². The van der Waals surface area contributed by atoms with Crippen LogP contribution in [0.4, 0.5) is 8.78 Å². The fourth-order valence-corrected chi connectivity index (χ4v) is 8.35. The molecule has 0 saturated heterocycles. The number of hydrogen-bond acceptors (Lipinski definition) is 3. The highest BCUT2D eigenvalue weighted by Crippen LogP contribution is 2.47. The molecule has 6 rings (SSSR count). The van der Waals surface area contributed by atoms with Crippen LogP contribution in [0.15, 0.2) is 95.0 Å². The SMILES string of the molecule is C[C@@H]1C2=C(CC[C@@H]2CN(CCc2ccccc2F)S(=O)(=O)c2ccccc2Cl)Cc2c1cnn2-c1ccc(F)cc1. The summed E-state index contributed by atoms with van der Waals surface area (Å²) in [5, 5.41) is 4.80. The van der Waals surface area contributed by atoms with Crippen LogP contribution in [-0.2, 0) is 22.9 Å². The van der Waals surface area contributed by atoms with Gasteiger partial charge in [-0.15, -0.1) is 0 Å². The fraction of sp³-hybridized carbons (Fsp3) is 0.281. The van der Waals surface area contributed by atoms with Gasteiger partial charge in [-0.1, -0.05) is 60.0 Å². The van der Waals surface area contributed by atoms with E-state index >= 15 is 0 Å². The van der Waals surface area contributed by atoms with Crippen LogP contribution in [0.1, 0.15) is 42.5 Å². The average Bonchev–Trinajstić information content (AvgIpc) is 3.57. The zero-order valence-electron chi connectivity index (χ0n) is 22.6. The lowest BCUT2D eigenvalue weighted by Crippen LogP contribution is -2.37. The van der Waals surface area contributed by atoms with Crippen LogP contribution in [0, 0.1) is 17.6 Å². The molecule has 2 atom stereocenters. The number of halogens is 3. The Bertz CT molecular complexity index is 1730. The molecule has 3 aromatic carbocycles. The monoisotopic (exact) mass is 593 g/mol. The van der Waals surface area contributed by atoms with Gasteiger partial charge in [-0.3, -0.25) is 0 Å². The zero-order valence-corrected chi connectivity index (χ0v) is 24.2. The second-order valence-electron chi connectivity index (χ2n) is 10.8. The second kappa shape index (κ2) is 11.2. The molecule has 0 radical (unpaired) electrons. The minimum Gasteiger partial charge on any atom is -0.237 e. The van der Waals surface area contributed by atoms with Gasteiger partial charge in [0.15, 0.2) is 0 Å². The lowest BCUT2D eigenvalue weighted by atomic mass is 9.80. The van der Waals surface area contributed by atoms with E-state index in [9.17, 15) is 17.2 Å². The van der Waals surface area contributed by atoms with Gasteiger partial charge in [0.1, 0.15) is 16.5 Å². The molecule has 0 amide bonds. The van der Waals surface area contributed by atoms with Crippen molar-refractivity contribution in [1.82, 2.24) is 14.1 Å². The first-order valence-corrected chi connectivity index (χ1v) is 15.6. The molecule has 212 valence electrons. The summed E-state index contributed by atoms with van der Waals surface area (Å²) < 4.78 is 59.3. The van der Waals surface area contributed by atoms with Crippen molar-refractivity contribution < 1.29 is 17.2 Å². The van der Waals surface area contributed by atoms with Crippen LogP contribution in [-0.4, -0.2) is 35.6 Å².